The Labute approximate surface area is 171 Å². The summed E-state index contributed by atoms with van der Waals surface area (Å²) < 4.78 is 46.9. The highest BCUT2D eigenvalue weighted by atomic mass is 19.1. The number of carbonyl (C=O) groups is 1. The van der Waals surface area contributed by atoms with Gasteiger partial charge in [-0.1, -0.05) is 0 Å². The van der Waals surface area contributed by atoms with Gasteiger partial charge in [0.05, 0.1) is 24.4 Å². The van der Waals surface area contributed by atoms with Crippen LogP contribution in [0.3, 0.4) is 0 Å². The first-order valence-electron chi connectivity index (χ1n) is 10.1. The summed E-state index contributed by atoms with van der Waals surface area (Å²) >= 11 is 0. The van der Waals surface area contributed by atoms with Gasteiger partial charge in [-0.2, -0.15) is 0 Å². The van der Waals surface area contributed by atoms with Crippen LogP contribution >= 0.6 is 0 Å². The summed E-state index contributed by atoms with van der Waals surface area (Å²) in [5, 5.41) is 3.45. The fourth-order valence-electron chi connectivity index (χ4n) is 4.37. The highest BCUT2D eigenvalue weighted by Gasteiger charge is 2.38. The van der Waals surface area contributed by atoms with Gasteiger partial charge in [-0.25, -0.2) is 13.2 Å². The maximum Gasteiger partial charge on any atom is 0.223 e. The van der Waals surface area contributed by atoms with E-state index in [9.17, 15) is 18.0 Å². The summed E-state index contributed by atoms with van der Waals surface area (Å²) in [4.78, 5) is 15.5. The Morgan fingerprint density at radius 1 is 1.07 bits per heavy atom. The van der Waals surface area contributed by atoms with Gasteiger partial charge in [0.1, 0.15) is 17.5 Å². The van der Waals surface area contributed by atoms with Crippen molar-refractivity contribution in [1.29, 1.82) is 0 Å². The van der Waals surface area contributed by atoms with Crippen molar-refractivity contribution in [2.24, 2.45) is 11.8 Å². The molecule has 2 N–H and O–H groups in total. The number of fused-ring (bicyclic) bond motifs is 1. The van der Waals surface area contributed by atoms with Crippen molar-refractivity contribution >= 4 is 16.8 Å². The molecule has 4 nitrogen and oxygen atoms in total. The lowest BCUT2D eigenvalue weighted by atomic mass is 9.70. The molecule has 3 aromatic rings. The van der Waals surface area contributed by atoms with Crippen LogP contribution in [0.2, 0.25) is 0 Å². The molecule has 2 aliphatic rings. The van der Waals surface area contributed by atoms with Gasteiger partial charge < -0.3 is 15.0 Å². The highest BCUT2D eigenvalue weighted by molar-refractivity contribution is 5.92. The maximum absolute atomic E-state index is 14.4. The summed E-state index contributed by atoms with van der Waals surface area (Å²) in [6.07, 6.45) is 1.21. The minimum Gasteiger partial charge on any atom is -0.381 e. The van der Waals surface area contributed by atoms with Crippen molar-refractivity contribution in [3.05, 3.63) is 59.4 Å². The first-order chi connectivity index (χ1) is 14.5. The Balaban J connectivity index is 1.43. The van der Waals surface area contributed by atoms with Crippen molar-refractivity contribution in [2.75, 3.05) is 19.8 Å². The van der Waals surface area contributed by atoms with Crippen molar-refractivity contribution in [2.45, 2.75) is 18.8 Å². The molecule has 2 heterocycles. The first kappa shape index (κ1) is 19.2. The van der Waals surface area contributed by atoms with Crippen molar-refractivity contribution in [1.82, 2.24) is 10.3 Å². The number of halogens is 3. The average Bonchev–Trinajstić information content (AvgIpc) is 2.99. The molecule has 156 valence electrons. The van der Waals surface area contributed by atoms with Crippen LogP contribution in [0.1, 0.15) is 24.3 Å². The van der Waals surface area contributed by atoms with E-state index < -0.39 is 11.6 Å². The molecule has 1 aliphatic carbocycles. The molecule has 1 aromatic heterocycles. The number of ether oxygens (including phenoxy) is 1. The standard InChI is InChI=1S/C23H21F3N2O2/c24-16-3-1-13(2-4-16)21-20(18-7-17(25)8-19(26)22(18)28-21)14-5-15(6-14)23(29)27-9-12-10-30-11-12/h1-4,7-8,12,14-15,28H,5-6,9-11H2,(H,27,29). The second-order valence-corrected chi connectivity index (χ2v) is 8.24. The third-order valence-corrected chi connectivity index (χ3v) is 6.19. The zero-order chi connectivity index (χ0) is 20.8. The van der Waals surface area contributed by atoms with E-state index in [1.165, 1.54) is 18.2 Å². The van der Waals surface area contributed by atoms with Crippen LogP contribution in [-0.4, -0.2) is 30.6 Å². The number of rotatable bonds is 5. The van der Waals surface area contributed by atoms with Gasteiger partial charge in [-0.15, -0.1) is 0 Å². The Bertz CT molecular complexity index is 1100. The molecule has 0 radical (unpaired) electrons. The first-order valence-corrected chi connectivity index (χ1v) is 10.1. The number of H-pyrrole nitrogens is 1. The Morgan fingerprint density at radius 2 is 1.80 bits per heavy atom. The Morgan fingerprint density at radius 3 is 2.47 bits per heavy atom. The van der Waals surface area contributed by atoms with Crippen LogP contribution in [0.5, 0.6) is 0 Å². The van der Waals surface area contributed by atoms with Crippen molar-refractivity contribution < 1.29 is 22.7 Å². The van der Waals surface area contributed by atoms with Gasteiger partial charge in [0, 0.05) is 29.8 Å². The number of aromatic nitrogens is 1. The topological polar surface area (TPSA) is 54.1 Å². The summed E-state index contributed by atoms with van der Waals surface area (Å²) in [5.74, 6) is -1.43. The minimum atomic E-state index is -0.670. The van der Waals surface area contributed by atoms with E-state index in [4.69, 9.17) is 4.74 Å². The Hall–Kier alpha value is -2.80. The van der Waals surface area contributed by atoms with Gasteiger partial charge in [0.2, 0.25) is 5.91 Å². The molecular formula is C23H21F3N2O2. The quantitative estimate of drug-likeness (QED) is 0.646. The summed E-state index contributed by atoms with van der Waals surface area (Å²) in [5.41, 5.74) is 2.35. The molecule has 0 unspecified atom stereocenters. The van der Waals surface area contributed by atoms with E-state index in [-0.39, 0.29) is 29.1 Å². The predicted octanol–water partition coefficient (Wildman–Crippen LogP) is 4.51. The molecule has 0 bridgehead atoms. The predicted molar refractivity (Wildman–Crippen MR) is 106 cm³/mol. The van der Waals surface area contributed by atoms with Crippen LogP contribution in [0.4, 0.5) is 13.2 Å². The van der Waals surface area contributed by atoms with E-state index >= 15 is 0 Å². The molecule has 1 aliphatic heterocycles. The molecule has 2 fully saturated rings. The van der Waals surface area contributed by atoms with Gasteiger partial charge in [0.15, 0.2) is 0 Å². The van der Waals surface area contributed by atoms with Crippen LogP contribution in [0, 0.1) is 29.3 Å². The lowest BCUT2D eigenvalue weighted by Gasteiger charge is -2.36. The van der Waals surface area contributed by atoms with E-state index in [1.54, 1.807) is 12.1 Å². The van der Waals surface area contributed by atoms with Crippen LogP contribution in [-0.2, 0) is 9.53 Å². The molecule has 30 heavy (non-hydrogen) atoms. The minimum absolute atomic E-state index is 0.0113. The SMILES string of the molecule is O=C(NCC1COC1)C1CC(c2c(-c3ccc(F)cc3)[nH]c3c(F)cc(F)cc23)C1. The van der Waals surface area contributed by atoms with Crippen LogP contribution < -0.4 is 5.32 Å². The molecule has 1 amide bonds. The summed E-state index contributed by atoms with van der Waals surface area (Å²) in [6, 6.07) is 8.06. The fourth-order valence-corrected chi connectivity index (χ4v) is 4.37. The molecule has 0 atom stereocenters. The van der Waals surface area contributed by atoms with E-state index in [1.807, 2.05) is 0 Å². The molecular weight excluding hydrogens is 393 g/mol. The van der Waals surface area contributed by atoms with Gasteiger partial charge >= 0.3 is 0 Å². The largest absolute Gasteiger partial charge is 0.381 e. The fraction of sp³-hybridized carbons (Fsp3) is 0.348. The van der Waals surface area contributed by atoms with E-state index in [2.05, 4.69) is 10.3 Å². The zero-order valence-corrected chi connectivity index (χ0v) is 16.2. The molecule has 5 rings (SSSR count). The second-order valence-electron chi connectivity index (χ2n) is 8.24. The third-order valence-electron chi connectivity index (χ3n) is 6.19. The number of hydrogen-bond donors (Lipinski definition) is 2. The number of nitrogens with one attached hydrogen (secondary N) is 2. The number of hydrogen-bond acceptors (Lipinski definition) is 2. The van der Waals surface area contributed by atoms with Gasteiger partial charge in [-0.05, 0) is 60.2 Å². The zero-order valence-electron chi connectivity index (χ0n) is 16.2. The maximum atomic E-state index is 14.4. The molecule has 1 saturated heterocycles. The second kappa shape index (κ2) is 7.47. The average molecular weight is 414 g/mol. The van der Waals surface area contributed by atoms with Gasteiger partial charge in [0.25, 0.3) is 0 Å². The molecule has 2 aromatic carbocycles. The monoisotopic (exact) mass is 414 g/mol. The van der Waals surface area contributed by atoms with Crippen molar-refractivity contribution in [3.8, 4) is 11.3 Å². The van der Waals surface area contributed by atoms with Gasteiger partial charge in [-0.3, -0.25) is 4.79 Å². The lowest BCUT2D eigenvalue weighted by Crippen LogP contribution is -2.43. The van der Waals surface area contributed by atoms with E-state index in [0.29, 0.717) is 55.2 Å². The highest BCUT2D eigenvalue weighted by Crippen LogP contribution is 2.48. The third kappa shape index (κ3) is 3.37. The molecule has 1 saturated carbocycles. The summed E-state index contributed by atoms with van der Waals surface area (Å²) in [7, 11) is 0. The van der Waals surface area contributed by atoms with Crippen LogP contribution in [0.25, 0.3) is 22.2 Å². The number of aromatic amines is 1. The smallest absolute Gasteiger partial charge is 0.223 e. The lowest BCUT2D eigenvalue weighted by molar-refractivity contribution is -0.129. The summed E-state index contributed by atoms with van der Waals surface area (Å²) in [6.45, 7) is 1.98. The van der Waals surface area contributed by atoms with Crippen LogP contribution in [0.15, 0.2) is 36.4 Å². The number of carbonyl (C=O) groups excluding carboxylic acids is 1. The van der Waals surface area contributed by atoms with E-state index in [0.717, 1.165) is 11.6 Å². The number of benzene rings is 2. The van der Waals surface area contributed by atoms with Crippen molar-refractivity contribution in [3.63, 3.8) is 0 Å². The normalized spacial score (nSPS) is 21.3. The molecule has 0 spiro atoms. The number of amides is 1. The molecule has 7 heteroatoms. The Kier molecular flexibility index (Phi) is 4.77.